The van der Waals surface area contributed by atoms with Gasteiger partial charge in [0, 0.05) is 29.9 Å². The van der Waals surface area contributed by atoms with Crippen LogP contribution in [0.15, 0.2) is 65.7 Å². The quantitative estimate of drug-likeness (QED) is 0.452. The molecular weight excluding hydrogens is 404 g/mol. The second kappa shape index (κ2) is 9.46. The van der Waals surface area contributed by atoms with E-state index in [1.807, 2.05) is 47.8 Å². The molecule has 3 aromatic heterocycles. The molecule has 0 bridgehead atoms. The van der Waals surface area contributed by atoms with Crippen molar-refractivity contribution in [3.8, 4) is 10.6 Å². The highest BCUT2D eigenvalue weighted by atomic mass is 32.1. The number of nitrogens with zero attached hydrogens (tertiary/aromatic N) is 4. The molecule has 0 aliphatic heterocycles. The van der Waals surface area contributed by atoms with Gasteiger partial charge in [-0.05, 0) is 24.1 Å². The number of hydrogen-bond donors (Lipinski definition) is 2. The molecule has 3 heterocycles. The molecule has 0 aliphatic rings. The molecule has 0 aliphatic carbocycles. The van der Waals surface area contributed by atoms with E-state index < -0.39 is 6.04 Å². The molecule has 1 aromatic carbocycles. The number of thiazole rings is 1. The standard InChI is InChI=1S/C20H18N6OS2/c27-18(24-20-26-25-19(29-20)15-6-8-21-9-7-15)17(10-14-4-2-1-3-5-14)22-11-16-12-28-13-23-16/h1-9,12-13,17,22H,10-11H2,(H,24,26,27)/t17-/m0/s1. The van der Waals surface area contributed by atoms with Gasteiger partial charge in [-0.15, -0.1) is 21.5 Å². The molecule has 1 atom stereocenters. The van der Waals surface area contributed by atoms with Gasteiger partial charge in [0.25, 0.3) is 0 Å². The summed E-state index contributed by atoms with van der Waals surface area (Å²) in [5.74, 6) is -0.151. The second-order valence-electron chi connectivity index (χ2n) is 6.24. The van der Waals surface area contributed by atoms with E-state index in [0.29, 0.717) is 18.1 Å². The molecule has 146 valence electrons. The minimum atomic E-state index is -0.424. The first-order chi connectivity index (χ1) is 14.3. The SMILES string of the molecule is O=C(Nc1nnc(-c2ccncc2)s1)[C@H](Cc1ccccc1)NCc1cscn1. The largest absolute Gasteiger partial charge is 0.300 e. The predicted octanol–water partition coefficient (Wildman–Crippen LogP) is 3.40. The molecule has 29 heavy (non-hydrogen) atoms. The van der Waals surface area contributed by atoms with E-state index in [1.165, 1.54) is 22.7 Å². The second-order valence-corrected chi connectivity index (χ2v) is 7.94. The normalized spacial score (nSPS) is 11.9. The lowest BCUT2D eigenvalue weighted by molar-refractivity contribution is -0.118. The highest BCUT2D eigenvalue weighted by Crippen LogP contribution is 2.25. The number of anilines is 1. The average molecular weight is 423 g/mol. The molecule has 1 amide bonds. The molecule has 4 rings (SSSR count). The molecule has 0 radical (unpaired) electrons. The van der Waals surface area contributed by atoms with E-state index in [2.05, 4.69) is 30.8 Å². The van der Waals surface area contributed by atoms with Gasteiger partial charge >= 0.3 is 0 Å². The van der Waals surface area contributed by atoms with Gasteiger partial charge in [0.15, 0.2) is 0 Å². The fraction of sp³-hybridized carbons (Fsp3) is 0.150. The Morgan fingerprint density at radius 1 is 1.07 bits per heavy atom. The van der Waals surface area contributed by atoms with Crippen LogP contribution in [0, 0.1) is 0 Å². The van der Waals surface area contributed by atoms with Crippen LogP contribution in [0.25, 0.3) is 10.6 Å². The van der Waals surface area contributed by atoms with Gasteiger partial charge in [0.2, 0.25) is 11.0 Å². The molecule has 0 spiro atoms. The maximum atomic E-state index is 13.0. The van der Waals surface area contributed by atoms with Gasteiger partial charge in [0.05, 0.1) is 17.2 Å². The van der Waals surface area contributed by atoms with Crippen molar-refractivity contribution in [2.45, 2.75) is 19.0 Å². The highest BCUT2D eigenvalue weighted by Gasteiger charge is 2.20. The fourth-order valence-electron chi connectivity index (χ4n) is 2.74. The summed E-state index contributed by atoms with van der Waals surface area (Å²) < 4.78 is 0. The van der Waals surface area contributed by atoms with Gasteiger partial charge in [-0.25, -0.2) is 4.98 Å². The lowest BCUT2D eigenvalue weighted by Crippen LogP contribution is -2.41. The summed E-state index contributed by atoms with van der Waals surface area (Å²) in [6, 6.07) is 13.2. The zero-order valence-electron chi connectivity index (χ0n) is 15.4. The lowest BCUT2D eigenvalue weighted by Gasteiger charge is -2.17. The Morgan fingerprint density at radius 2 is 1.90 bits per heavy atom. The summed E-state index contributed by atoms with van der Waals surface area (Å²) in [6.45, 7) is 0.521. The maximum absolute atomic E-state index is 13.0. The molecular formula is C20H18N6OS2. The summed E-state index contributed by atoms with van der Waals surface area (Å²) in [7, 11) is 0. The monoisotopic (exact) mass is 422 g/mol. The first kappa shape index (κ1) is 19.3. The Morgan fingerprint density at radius 3 is 2.66 bits per heavy atom. The zero-order chi connectivity index (χ0) is 19.9. The molecule has 0 saturated carbocycles. The van der Waals surface area contributed by atoms with E-state index in [4.69, 9.17) is 0 Å². The number of carbonyl (C=O) groups excluding carboxylic acids is 1. The van der Waals surface area contributed by atoms with Crippen molar-refractivity contribution in [3.05, 3.63) is 77.0 Å². The van der Waals surface area contributed by atoms with Gasteiger partial charge in [-0.1, -0.05) is 41.7 Å². The van der Waals surface area contributed by atoms with Crippen LogP contribution in [0.5, 0.6) is 0 Å². The number of carbonyl (C=O) groups is 1. The summed E-state index contributed by atoms with van der Waals surface area (Å²) in [4.78, 5) is 21.2. The van der Waals surface area contributed by atoms with E-state index in [1.54, 1.807) is 17.9 Å². The van der Waals surface area contributed by atoms with Gasteiger partial charge in [-0.3, -0.25) is 20.4 Å². The fourth-order valence-corrected chi connectivity index (χ4v) is 4.05. The van der Waals surface area contributed by atoms with Crippen molar-refractivity contribution in [3.63, 3.8) is 0 Å². The third-order valence-electron chi connectivity index (χ3n) is 4.19. The van der Waals surface area contributed by atoms with Crippen LogP contribution in [0.2, 0.25) is 0 Å². The maximum Gasteiger partial charge on any atom is 0.243 e. The van der Waals surface area contributed by atoms with Gasteiger partial charge in [-0.2, -0.15) is 0 Å². The zero-order valence-corrected chi connectivity index (χ0v) is 17.0. The lowest BCUT2D eigenvalue weighted by atomic mass is 10.1. The number of rotatable bonds is 8. The number of benzene rings is 1. The average Bonchev–Trinajstić information content (AvgIpc) is 3.45. The predicted molar refractivity (Wildman–Crippen MR) is 115 cm³/mol. The Balaban J connectivity index is 1.46. The van der Waals surface area contributed by atoms with Gasteiger partial charge < -0.3 is 0 Å². The van der Waals surface area contributed by atoms with Crippen LogP contribution >= 0.6 is 22.7 Å². The molecule has 0 saturated heterocycles. The van der Waals surface area contributed by atoms with E-state index in [-0.39, 0.29) is 5.91 Å². The Bertz CT molecular complexity index is 1040. The topological polar surface area (TPSA) is 92.7 Å². The summed E-state index contributed by atoms with van der Waals surface area (Å²) in [6.07, 6.45) is 3.97. The smallest absolute Gasteiger partial charge is 0.243 e. The third-order valence-corrected chi connectivity index (χ3v) is 5.72. The Labute approximate surface area is 175 Å². The van der Waals surface area contributed by atoms with Crippen LogP contribution in [-0.4, -0.2) is 32.1 Å². The van der Waals surface area contributed by atoms with Crippen molar-refractivity contribution in [2.75, 3.05) is 5.32 Å². The molecule has 0 unspecified atom stereocenters. The molecule has 2 N–H and O–H groups in total. The van der Waals surface area contributed by atoms with Crippen molar-refractivity contribution < 1.29 is 4.79 Å². The van der Waals surface area contributed by atoms with Crippen LogP contribution in [0.3, 0.4) is 0 Å². The third kappa shape index (κ3) is 5.29. The van der Waals surface area contributed by atoms with Gasteiger partial charge in [0.1, 0.15) is 5.01 Å². The number of hydrogen-bond acceptors (Lipinski definition) is 8. The number of amides is 1. The van der Waals surface area contributed by atoms with Crippen molar-refractivity contribution >= 4 is 33.7 Å². The number of nitrogens with one attached hydrogen (secondary N) is 2. The summed E-state index contributed by atoms with van der Waals surface area (Å²) in [5, 5.41) is 17.6. The van der Waals surface area contributed by atoms with E-state index in [9.17, 15) is 4.79 Å². The van der Waals surface area contributed by atoms with Crippen LogP contribution < -0.4 is 10.6 Å². The van der Waals surface area contributed by atoms with Crippen LogP contribution in [0.4, 0.5) is 5.13 Å². The number of pyridine rings is 1. The first-order valence-electron chi connectivity index (χ1n) is 8.97. The Hall–Kier alpha value is -3.01. The molecule has 4 aromatic rings. The summed E-state index contributed by atoms with van der Waals surface area (Å²) in [5.41, 5.74) is 4.69. The number of aromatic nitrogens is 4. The highest BCUT2D eigenvalue weighted by molar-refractivity contribution is 7.18. The minimum absolute atomic E-state index is 0.151. The van der Waals surface area contributed by atoms with Crippen LogP contribution in [-0.2, 0) is 17.8 Å². The molecule has 9 heteroatoms. The minimum Gasteiger partial charge on any atom is -0.300 e. The van der Waals surface area contributed by atoms with E-state index >= 15 is 0 Å². The molecule has 0 fully saturated rings. The van der Waals surface area contributed by atoms with Crippen molar-refractivity contribution in [1.29, 1.82) is 0 Å². The Kier molecular flexibility index (Phi) is 6.30. The van der Waals surface area contributed by atoms with Crippen molar-refractivity contribution in [2.24, 2.45) is 0 Å². The summed E-state index contributed by atoms with van der Waals surface area (Å²) >= 11 is 2.87. The molecule has 7 nitrogen and oxygen atoms in total. The van der Waals surface area contributed by atoms with Crippen molar-refractivity contribution in [1.82, 2.24) is 25.5 Å². The first-order valence-corrected chi connectivity index (χ1v) is 10.7. The van der Waals surface area contributed by atoms with Crippen LogP contribution in [0.1, 0.15) is 11.3 Å². The van der Waals surface area contributed by atoms with E-state index in [0.717, 1.165) is 21.8 Å².